The third-order valence-corrected chi connectivity index (χ3v) is 4.89. The summed E-state index contributed by atoms with van der Waals surface area (Å²) >= 11 is 0. The Bertz CT molecular complexity index is 829. The smallest absolute Gasteiger partial charge is 0.0103 e. The van der Waals surface area contributed by atoms with Crippen molar-refractivity contribution in [2.75, 3.05) is 0 Å². The second-order valence-corrected chi connectivity index (χ2v) is 6.76. The molecule has 0 spiro atoms. The van der Waals surface area contributed by atoms with Crippen LogP contribution in [0.3, 0.4) is 0 Å². The molecule has 0 saturated heterocycles. The first-order chi connectivity index (χ1) is 12.0. The lowest BCUT2D eigenvalue weighted by molar-refractivity contribution is 1.08. The van der Waals surface area contributed by atoms with Crippen molar-refractivity contribution < 1.29 is 0 Å². The number of aryl methyl sites for hydroxylation is 3. The summed E-state index contributed by atoms with van der Waals surface area (Å²) in [5.41, 5.74) is 10.6. The van der Waals surface area contributed by atoms with Crippen LogP contribution in [0, 0.1) is 20.8 Å². The van der Waals surface area contributed by atoms with E-state index in [1.54, 1.807) is 0 Å². The zero-order valence-corrected chi connectivity index (χ0v) is 16.5. The SMILES string of the molecule is C\C=C/C(=C(\C)CC)C(=C/c1ccc(C)c(C)c1)/c1ccccc1C. The Morgan fingerprint density at radius 1 is 0.920 bits per heavy atom. The van der Waals surface area contributed by atoms with Crippen molar-refractivity contribution in [3.63, 3.8) is 0 Å². The predicted octanol–water partition coefficient (Wildman–Crippen LogP) is 7.46. The molecule has 0 aliphatic heterocycles. The lowest BCUT2D eigenvalue weighted by atomic mass is 9.88. The topological polar surface area (TPSA) is 0 Å². The highest BCUT2D eigenvalue weighted by atomic mass is 14.2. The zero-order valence-electron chi connectivity index (χ0n) is 16.5. The Labute approximate surface area is 153 Å². The third-order valence-electron chi connectivity index (χ3n) is 4.89. The van der Waals surface area contributed by atoms with Crippen LogP contribution in [0.5, 0.6) is 0 Å². The maximum absolute atomic E-state index is 2.34. The van der Waals surface area contributed by atoms with Crippen molar-refractivity contribution in [2.24, 2.45) is 0 Å². The molecule has 0 heterocycles. The molecule has 0 N–H and O–H groups in total. The molecule has 0 aromatic heterocycles. The van der Waals surface area contributed by atoms with Gasteiger partial charge in [0.15, 0.2) is 0 Å². The van der Waals surface area contributed by atoms with Crippen LogP contribution in [0.4, 0.5) is 0 Å². The van der Waals surface area contributed by atoms with Gasteiger partial charge in [-0.3, -0.25) is 0 Å². The summed E-state index contributed by atoms with van der Waals surface area (Å²) in [6.07, 6.45) is 7.78. The molecule has 0 fully saturated rings. The van der Waals surface area contributed by atoms with Gasteiger partial charge in [-0.25, -0.2) is 0 Å². The highest BCUT2D eigenvalue weighted by molar-refractivity contribution is 5.94. The van der Waals surface area contributed by atoms with E-state index < -0.39 is 0 Å². The molecular weight excluding hydrogens is 300 g/mol. The highest BCUT2D eigenvalue weighted by Gasteiger charge is 2.11. The molecule has 0 heteroatoms. The Balaban J connectivity index is 2.74. The van der Waals surface area contributed by atoms with E-state index in [-0.39, 0.29) is 0 Å². The Hall–Kier alpha value is -2.34. The minimum Gasteiger partial charge on any atom is -0.0870 e. The molecule has 2 rings (SSSR count). The normalized spacial score (nSPS) is 13.3. The molecule has 130 valence electrons. The van der Waals surface area contributed by atoms with Gasteiger partial charge in [0.25, 0.3) is 0 Å². The Morgan fingerprint density at radius 2 is 1.64 bits per heavy atom. The van der Waals surface area contributed by atoms with Gasteiger partial charge in [-0.1, -0.05) is 67.1 Å². The molecule has 2 aromatic rings. The van der Waals surface area contributed by atoms with Crippen molar-refractivity contribution in [1.82, 2.24) is 0 Å². The van der Waals surface area contributed by atoms with E-state index in [9.17, 15) is 0 Å². The molecule has 25 heavy (non-hydrogen) atoms. The van der Waals surface area contributed by atoms with Crippen LogP contribution in [0.1, 0.15) is 55.0 Å². The van der Waals surface area contributed by atoms with Gasteiger partial charge >= 0.3 is 0 Å². The summed E-state index contributed by atoms with van der Waals surface area (Å²) in [5, 5.41) is 0. The summed E-state index contributed by atoms with van der Waals surface area (Å²) in [7, 11) is 0. The van der Waals surface area contributed by atoms with Crippen LogP contribution in [-0.2, 0) is 0 Å². The first-order valence-corrected chi connectivity index (χ1v) is 9.15. The number of allylic oxidation sites excluding steroid dienone is 5. The van der Waals surface area contributed by atoms with Crippen LogP contribution in [-0.4, -0.2) is 0 Å². The van der Waals surface area contributed by atoms with Crippen molar-refractivity contribution >= 4 is 11.6 Å². The Morgan fingerprint density at radius 3 is 2.24 bits per heavy atom. The maximum atomic E-state index is 2.34. The fraction of sp³-hybridized carbons (Fsp3) is 0.280. The van der Waals surface area contributed by atoms with Gasteiger partial charge in [-0.2, -0.15) is 0 Å². The van der Waals surface area contributed by atoms with Gasteiger partial charge in [0, 0.05) is 0 Å². The van der Waals surface area contributed by atoms with Crippen LogP contribution in [0.15, 0.2) is 65.8 Å². The van der Waals surface area contributed by atoms with Crippen LogP contribution in [0.25, 0.3) is 11.6 Å². The molecule has 2 aromatic carbocycles. The van der Waals surface area contributed by atoms with E-state index in [1.165, 1.54) is 44.5 Å². The molecule has 0 aliphatic rings. The molecular formula is C25H30. The minimum atomic E-state index is 1.05. The van der Waals surface area contributed by atoms with Crippen LogP contribution >= 0.6 is 0 Å². The fourth-order valence-electron chi connectivity index (χ4n) is 3.02. The Kier molecular flexibility index (Phi) is 6.58. The second-order valence-electron chi connectivity index (χ2n) is 6.76. The van der Waals surface area contributed by atoms with Gasteiger partial charge < -0.3 is 0 Å². The summed E-state index contributed by atoms with van der Waals surface area (Å²) in [6.45, 7) is 13.1. The average Bonchev–Trinajstić information content (AvgIpc) is 2.61. The number of hydrogen-bond donors (Lipinski definition) is 0. The van der Waals surface area contributed by atoms with Crippen molar-refractivity contribution in [2.45, 2.75) is 48.0 Å². The summed E-state index contributed by atoms with van der Waals surface area (Å²) in [4.78, 5) is 0. The van der Waals surface area contributed by atoms with Crippen LogP contribution in [0.2, 0.25) is 0 Å². The van der Waals surface area contributed by atoms with Gasteiger partial charge in [0.05, 0.1) is 0 Å². The quantitative estimate of drug-likeness (QED) is 0.394. The second kappa shape index (κ2) is 8.67. The maximum Gasteiger partial charge on any atom is -0.0103 e. The average molecular weight is 331 g/mol. The molecule has 0 amide bonds. The lowest BCUT2D eigenvalue weighted by Crippen LogP contribution is -1.95. The van der Waals surface area contributed by atoms with Gasteiger partial charge in [-0.15, -0.1) is 0 Å². The lowest BCUT2D eigenvalue weighted by Gasteiger charge is -2.16. The molecule has 0 nitrogen and oxygen atoms in total. The van der Waals surface area contributed by atoms with E-state index in [1.807, 2.05) is 0 Å². The van der Waals surface area contributed by atoms with Crippen molar-refractivity contribution in [3.8, 4) is 0 Å². The summed E-state index contributed by atoms with van der Waals surface area (Å²) in [5.74, 6) is 0. The van der Waals surface area contributed by atoms with Gasteiger partial charge in [-0.05, 0) is 86.1 Å². The predicted molar refractivity (Wildman–Crippen MR) is 113 cm³/mol. The zero-order chi connectivity index (χ0) is 18.4. The molecule has 0 atom stereocenters. The van der Waals surface area contributed by atoms with Crippen LogP contribution < -0.4 is 0 Å². The number of hydrogen-bond acceptors (Lipinski definition) is 0. The molecule has 0 unspecified atom stereocenters. The highest BCUT2D eigenvalue weighted by Crippen LogP contribution is 2.32. The monoisotopic (exact) mass is 330 g/mol. The van der Waals surface area contributed by atoms with Crippen molar-refractivity contribution in [3.05, 3.63) is 93.6 Å². The molecule has 0 bridgehead atoms. The number of rotatable bonds is 5. The van der Waals surface area contributed by atoms with E-state index >= 15 is 0 Å². The first kappa shape index (κ1) is 19.0. The summed E-state index contributed by atoms with van der Waals surface area (Å²) < 4.78 is 0. The first-order valence-electron chi connectivity index (χ1n) is 9.15. The minimum absolute atomic E-state index is 1.05. The van der Waals surface area contributed by atoms with E-state index in [4.69, 9.17) is 0 Å². The number of benzene rings is 2. The van der Waals surface area contributed by atoms with E-state index in [0.29, 0.717) is 0 Å². The molecule has 0 radical (unpaired) electrons. The molecule has 0 saturated carbocycles. The van der Waals surface area contributed by atoms with E-state index in [0.717, 1.165) is 6.42 Å². The largest absolute Gasteiger partial charge is 0.0870 e. The van der Waals surface area contributed by atoms with Gasteiger partial charge in [0.1, 0.15) is 0 Å². The molecule has 0 aliphatic carbocycles. The van der Waals surface area contributed by atoms with E-state index in [2.05, 4.69) is 102 Å². The van der Waals surface area contributed by atoms with Gasteiger partial charge in [0.2, 0.25) is 0 Å². The standard InChI is InChI=1S/C25H30/c1-7-11-23(18(3)8-2)25(24-13-10-9-12-20(24)5)17-22-15-14-19(4)21(6)16-22/h7,9-17H,8H2,1-6H3/b11-7-,23-18-,25-17-. The van der Waals surface area contributed by atoms with Crippen molar-refractivity contribution in [1.29, 1.82) is 0 Å². The third kappa shape index (κ3) is 4.60. The fourth-order valence-corrected chi connectivity index (χ4v) is 3.02. The summed E-state index contributed by atoms with van der Waals surface area (Å²) in [6, 6.07) is 15.4.